The lowest BCUT2D eigenvalue weighted by molar-refractivity contribution is 0.584. The molecule has 1 heterocycles. The van der Waals surface area contributed by atoms with Crippen LogP contribution in [0.25, 0.3) is 0 Å². The van der Waals surface area contributed by atoms with Gasteiger partial charge in [-0.25, -0.2) is 8.42 Å². The number of nitrogens with two attached hydrogens (primary N) is 1. The molecule has 110 valence electrons. The molecule has 5 nitrogen and oxygen atoms in total. The molecular weight excluding hydrogens is 286 g/mol. The van der Waals surface area contributed by atoms with Gasteiger partial charge in [0.1, 0.15) is 0 Å². The summed E-state index contributed by atoms with van der Waals surface area (Å²) in [5, 5.41) is 8.73. The molecule has 2 rings (SSSR count). The summed E-state index contributed by atoms with van der Waals surface area (Å²) >= 11 is 0. The second-order valence-corrected chi connectivity index (χ2v) is 6.98. The van der Waals surface area contributed by atoms with Crippen molar-refractivity contribution in [2.75, 3.05) is 5.75 Å². The molecule has 1 aromatic heterocycles. The first-order valence-electron chi connectivity index (χ1n) is 6.57. The third-order valence-corrected chi connectivity index (χ3v) is 4.99. The molecule has 21 heavy (non-hydrogen) atoms. The topological polar surface area (TPSA) is 88.9 Å². The Morgan fingerprint density at radius 3 is 2.52 bits per heavy atom. The van der Waals surface area contributed by atoms with Crippen molar-refractivity contribution >= 4 is 9.84 Å². The molecule has 0 aliphatic heterocycles. The van der Waals surface area contributed by atoms with Crippen molar-refractivity contribution < 1.29 is 8.42 Å². The van der Waals surface area contributed by atoms with Gasteiger partial charge in [-0.1, -0.05) is 0 Å². The summed E-state index contributed by atoms with van der Waals surface area (Å²) in [5.74, 6) is -0.00665. The predicted molar refractivity (Wildman–Crippen MR) is 80.2 cm³/mol. The van der Waals surface area contributed by atoms with Crippen molar-refractivity contribution in [2.24, 2.45) is 5.73 Å². The normalized spacial score (nSPS) is 12.8. The molecule has 0 aliphatic rings. The Hall–Kier alpha value is -2.10. The van der Waals surface area contributed by atoms with E-state index in [1.165, 1.54) is 24.3 Å². The molecule has 0 spiro atoms. The highest BCUT2D eigenvalue weighted by Gasteiger charge is 2.15. The van der Waals surface area contributed by atoms with Gasteiger partial charge in [0.25, 0.3) is 0 Å². The van der Waals surface area contributed by atoms with Crippen LogP contribution in [0.3, 0.4) is 0 Å². The minimum absolute atomic E-state index is 0.00665. The molecule has 0 amide bonds. The maximum Gasteiger partial charge on any atom is 0.180 e. The number of hydrogen-bond donors (Lipinski definition) is 1. The Morgan fingerprint density at radius 2 is 1.95 bits per heavy atom. The van der Waals surface area contributed by atoms with Crippen molar-refractivity contribution in [3.05, 3.63) is 53.9 Å². The summed E-state index contributed by atoms with van der Waals surface area (Å²) in [5.41, 5.74) is 7.19. The molecule has 0 saturated heterocycles. The highest BCUT2D eigenvalue weighted by molar-refractivity contribution is 7.91. The number of nitrogens with zero attached hydrogens (tertiary/aromatic N) is 2. The van der Waals surface area contributed by atoms with Crippen LogP contribution in [-0.2, 0) is 16.4 Å². The van der Waals surface area contributed by atoms with Gasteiger partial charge < -0.3 is 10.3 Å². The fourth-order valence-electron chi connectivity index (χ4n) is 2.12. The molecule has 0 fully saturated rings. The fraction of sp³-hybridized carbons (Fsp3) is 0.267. The monoisotopic (exact) mass is 303 g/mol. The summed E-state index contributed by atoms with van der Waals surface area (Å²) in [4.78, 5) is 0.232. The van der Waals surface area contributed by atoms with Crippen molar-refractivity contribution in [3.8, 4) is 6.07 Å². The van der Waals surface area contributed by atoms with E-state index in [4.69, 9.17) is 11.0 Å². The number of aryl methyl sites for hydroxylation is 1. The van der Waals surface area contributed by atoms with E-state index in [-0.39, 0.29) is 16.7 Å². The van der Waals surface area contributed by atoms with Crippen LogP contribution in [0.1, 0.15) is 24.2 Å². The van der Waals surface area contributed by atoms with Gasteiger partial charge in [-0.2, -0.15) is 5.26 Å². The van der Waals surface area contributed by atoms with Crippen LogP contribution in [-0.4, -0.2) is 18.7 Å². The fourth-order valence-corrected chi connectivity index (χ4v) is 3.34. The summed E-state index contributed by atoms with van der Waals surface area (Å²) in [6.45, 7) is 2.22. The van der Waals surface area contributed by atoms with Crippen molar-refractivity contribution in [2.45, 2.75) is 24.4 Å². The standard InChI is InChI=1S/C15H17N3O2S/c1-12(17)15-3-2-8-18(15)9-10-21(19,20)14-6-4-13(11-16)5-7-14/h2-8,12H,9-10,17H2,1H3. The lowest BCUT2D eigenvalue weighted by Gasteiger charge is -2.12. The molecule has 1 unspecified atom stereocenters. The van der Waals surface area contributed by atoms with Crippen LogP contribution in [0.2, 0.25) is 0 Å². The summed E-state index contributed by atoms with van der Waals surface area (Å²) < 4.78 is 26.4. The van der Waals surface area contributed by atoms with Gasteiger partial charge in [-0.3, -0.25) is 0 Å². The molecule has 0 radical (unpaired) electrons. The van der Waals surface area contributed by atoms with E-state index in [1.54, 1.807) is 0 Å². The minimum Gasteiger partial charge on any atom is -0.349 e. The summed E-state index contributed by atoms with van der Waals surface area (Å²) in [6, 6.07) is 11.5. The second kappa shape index (κ2) is 6.12. The van der Waals surface area contributed by atoms with E-state index in [2.05, 4.69) is 0 Å². The molecule has 2 aromatic rings. The molecule has 0 bridgehead atoms. The van der Waals surface area contributed by atoms with E-state index in [9.17, 15) is 8.42 Å². The third kappa shape index (κ3) is 3.51. The Kier molecular flexibility index (Phi) is 4.46. The molecule has 2 N–H and O–H groups in total. The first-order valence-corrected chi connectivity index (χ1v) is 8.23. The van der Waals surface area contributed by atoms with E-state index in [0.717, 1.165) is 5.69 Å². The zero-order valence-corrected chi connectivity index (χ0v) is 12.5. The third-order valence-electron chi connectivity index (χ3n) is 3.27. The van der Waals surface area contributed by atoms with E-state index < -0.39 is 9.84 Å². The van der Waals surface area contributed by atoms with Gasteiger partial charge in [0.05, 0.1) is 22.3 Å². The van der Waals surface area contributed by atoms with E-state index >= 15 is 0 Å². The number of aromatic nitrogens is 1. The van der Waals surface area contributed by atoms with Crippen molar-refractivity contribution in [3.63, 3.8) is 0 Å². The largest absolute Gasteiger partial charge is 0.349 e. The van der Waals surface area contributed by atoms with Crippen LogP contribution >= 0.6 is 0 Å². The quantitative estimate of drug-likeness (QED) is 0.913. The molecule has 0 saturated carbocycles. The van der Waals surface area contributed by atoms with Crippen LogP contribution in [0.5, 0.6) is 0 Å². The van der Waals surface area contributed by atoms with Gasteiger partial charge in [0.2, 0.25) is 0 Å². The van der Waals surface area contributed by atoms with Crippen LogP contribution in [0.4, 0.5) is 0 Å². The highest BCUT2D eigenvalue weighted by atomic mass is 32.2. The van der Waals surface area contributed by atoms with Crippen LogP contribution < -0.4 is 5.73 Å². The van der Waals surface area contributed by atoms with Gasteiger partial charge in [-0.15, -0.1) is 0 Å². The smallest absolute Gasteiger partial charge is 0.180 e. The maximum atomic E-state index is 12.3. The lowest BCUT2D eigenvalue weighted by atomic mass is 10.2. The van der Waals surface area contributed by atoms with Gasteiger partial charge in [0, 0.05) is 24.5 Å². The second-order valence-electron chi connectivity index (χ2n) is 4.87. The number of hydrogen-bond acceptors (Lipinski definition) is 4. The average molecular weight is 303 g/mol. The average Bonchev–Trinajstić information content (AvgIpc) is 2.94. The molecular formula is C15H17N3O2S. The number of rotatable bonds is 5. The Bertz CT molecular complexity index is 753. The molecule has 6 heteroatoms. The lowest BCUT2D eigenvalue weighted by Crippen LogP contribution is -2.17. The Labute approximate surface area is 124 Å². The zero-order chi connectivity index (χ0) is 15.5. The first kappa shape index (κ1) is 15.3. The van der Waals surface area contributed by atoms with Crippen LogP contribution in [0, 0.1) is 11.3 Å². The summed E-state index contributed by atoms with van der Waals surface area (Å²) in [6.07, 6.45) is 1.83. The minimum atomic E-state index is -3.37. The summed E-state index contributed by atoms with van der Waals surface area (Å²) in [7, 11) is -3.37. The van der Waals surface area contributed by atoms with Crippen LogP contribution in [0.15, 0.2) is 47.5 Å². The van der Waals surface area contributed by atoms with Crippen molar-refractivity contribution in [1.82, 2.24) is 4.57 Å². The number of benzene rings is 1. The van der Waals surface area contributed by atoms with E-state index in [0.29, 0.717) is 12.1 Å². The number of nitriles is 1. The molecule has 1 aromatic carbocycles. The predicted octanol–water partition coefficient (Wildman–Crippen LogP) is 1.85. The molecule has 0 aliphatic carbocycles. The Balaban J connectivity index is 2.14. The Morgan fingerprint density at radius 1 is 1.29 bits per heavy atom. The van der Waals surface area contributed by atoms with Crippen molar-refractivity contribution in [1.29, 1.82) is 5.26 Å². The van der Waals surface area contributed by atoms with Gasteiger partial charge in [0.15, 0.2) is 9.84 Å². The number of sulfone groups is 1. The highest BCUT2D eigenvalue weighted by Crippen LogP contribution is 2.15. The van der Waals surface area contributed by atoms with Gasteiger partial charge >= 0.3 is 0 Å². The maximum absolute atomic E-state index is 12.3. The zero-order valence-electron chi connectivity index (χ0n) is 11.7. The SMILES string of the molecule is CC(N)c1cccn1CCS(=O)(=O)c1ccc(C#N)cc1. The van der Waals surface area contributed by atoms with Gasteiger partial charge in [-0.05, 0) is 43.3 Å². The van der Waals surface area contributed by atoms with E-state index in [1.807, 2.05) is 35.9 Å². The molecule has 1 atom stereocenters. The first-order chi connectivity index (χ1) is 9.94.